The number of hydrogen-bond acceptors (Lipinski definition) is 2. The van der Waals surface area contributed by atoms with E-state index in [4.69, 9.17) is 5.73 Å². The molecule has 1 heterocycles. The van der Waals surface area contributed by atoms with Gasteiger partial charge >= 0.3 is 0 Å². The first-order chi connectivity index (χ1) is 13.6. The number of nitrogens with two attached hydrogens (primary N) is 1. The van der Waals surface area contributed by atoms with E-state index in [0.29, 0.717) is 25.1 Å². The lowest BCUT2D eigenvalue weighted by Crippen LogP contribution is -2.26. The third-order valence-electron chi connectivity index (χ3n) is 5.52. The highest BCUT2D eigenvalue weighted by Gasteiger charge is 2.24. The number of carbonyl (C=O) groups excluding carboxylic acids is 1. The van der Waals surface area contributed by atoms with Crippen molar-refractivity contribution in [3.05, 3.63) is 69.8 Å². The van der Waals surface area contributed by atoms with Crippen LogP contribution in [0.15, 0.2) is 30.3 Å². The molecule has 0 unspecified atom stereocenters. The molecule has 3 nitrogen and oxygen atoms in total. The molecule has 0 fully saturated rings. The molecule has 0 saturated heterocycles. The minimum Gasteiger partial charge on any atom is -0.370 e. The van der Waals surface area contributed by atoms with Gasteiger partial charge in [-0.3, -0.25) is 4.79 Å². The Labute approximate surface area is 171 Å². The van der Waals surface area contributed by atoms with E-state index in [0.717, 1.165) is 28.8 Å². The van der Waals surface area contributed by atoms with Crippen molar-refractivity contribution in [3.63, 3.8) is 0 Å². The normalized spacial score (nSPS) is 13.9. The molecule has 2 aromatic rings. The third kappa shape index (κ3) is 4.84. The number of amides is 1. The van der Waals surface area contributed by atoms with Gasteiger partial charge < -0.3 is 10.6 Å². The van der Waals surface area contributed by atoms with Crippen LogP contribution in [0.3, 0.4) is 0 Å². The second-order valence-corrected chi connectivity index (χ2v) is 8.79. The molecule has 1 aliphatic rings. The van der Waals surface area contributed by atoms with Crippen LogP contribution in [0.4, 0.5) is 14.5 Å². The van der Waals surface area contributed by atoms with E-state index in [1.54, 1.807) is 0 Å². The van der Waals surface area contributed by atoms with E-state index in [9.17, 15) is 13.6 Å². The van der Waals surface area contributed by atoms with Gasteiger partial charge in [0, 0.05) is 25.2 Å². The molecule has 5 heteroatoms. The average Bonchev–Trinajstić information content (AvgIpc) is 2.79. The molecule has 154 valence electrons. The first-order valence-corrected chi connectivity index (χ1v) is 9.83. The molecular formula is C24H28F2N2O. The largest absolute Gasteiger partial charge is 0.370 e. The summed E-state index contributed by atoms with van der Waals surface area (Å²) in [5.74, 6) is -1.93. The molecule has 1 aliphatic heterocycles. The minimum absolute atomic E-state index is 0.214. The van der Waals surface area contributed by atoms with Crippen LogP contribution in [-0.2, 0) is 17.8 Å². The van der Waals surface area contributed by atoms with Crippen molar-refractivity contribution in [2.24, 2.45) is 11.1 Å². The zero-order valence-electron chi connectivity index (χ0n) is 17.5. The van der Waals surface area contributed by atoms with Crippen molar-refractivity contribution in [3.8, 4) is 0 Å². The quantitative estimate of drug-likeness (QED) is 0.765. The zero-order valence-corrected chi connectivity index (χ0v) is 17.5. The number of rotatable bonds is 5. The Morgan fingerprint density at radius 2 is 1.72 bits per heavy atom. The summed E-state index contributed by atoms with van der Waals surface area (Å²) in [4.78, 5) is 13.5. The maximum Gasteiger partial charge on any atom is 0.217 e. The summed E-state index contributed by atoms with van der Waals surface area (Å²) in [6.07, 6.45) is 4.92. The monoisotopic (exact) mass is 398 g/mol. The van der Waals surface area contributed by atoms with E-state index in [1.165, 1.54) is 17.7 Å². The molecule has 0 aromatic heterocycles. The van der Waals surface area contributed by atoms with E-state index < -0.39 is 11.6 Å². The standard InChI is InChI=1S/C24H28F2N2O/c1-15-8-19(9-16(2)20(15)12-24(3,4)13-23(27)29)28-7-5-6-17-10-21(25)22(26)11-18(17)14-28/h5-6,8-11H,7,12-14H2,1-4H3,(H2,27,29). The van der Waals surface area contributed by atoms with Gasteiger partial charge in [0.05, 0.1) is 0 Å². The molecular weight excluding hydrogens is 370 g/mol. The lowest BCUT2D eigenvalue weighted by Gasteiger charge is -2.28. The van der Waals surface area contributed by atoms with E-state index in [1.807, 2.05) is 12.2 Å². The van der Waals surface area contributed by atoms with Gasteiger partial charge in [0.15, 0.2) is 11.6 Å². The van der Waals surface area contributed by atoms with Crippen molar-refractivity contribution >= 4 is 17.7 Å². The summed E-state index contributed by atoms with van der Waals surface area (Å²) in [6, 6.07) is 6.79. The Morgan fingerprint density at radius 1 is 1.10 bits per heavy atom. The number of fused-ring (bicyclic) bond motifs is 1. The molecule has 29 heavy (non-hydrogen) atoms. The first-order valence-electron chi connectivity index (χ1n) is 9.83. The minimum atomic E-state index is -0.823. The summed E-state index contributed by atoms with van der Waals surface area (Å²) in [5, 5.41) is 0. The Balaban J connectivity index is 1.89. The summed E-state index contributed by atoms with van der Waals surface area (Å²) in [7, 11) is 0. The SMILES string of the molecule is Cc1cc(N2CC=Cc3cc(F)c(F)cc3C2)cc(C)c1CC(C)(C)CC(N)=O. The predicted molar refractivity (Wildman–Crippen MR) is 114 cm³/mol. The van der Waals surface area contributed by atoms with Gasteiger partial charge in [-0.1, -0.05) is 26.0 Å². The number of aryl methyl sites for hydroxylation is 2. The highest BCUT2D eigenvalue weighted by molar-refractivity contribution is 5.74. The van der Waals surface area contributed by atoms with Crippen molar-refractivity contribution in [2.75, 3.05) is 11.4 Å². The third-order valence-corrected chi connectivity index (χ3v) is 5.52. The Bertz CT molecular complexity index is 956. The topological polar surface area (TPSA) is 46.3 Å². The van der Waals surface area contributed by atoms with E-state index >= 15 is 0 Å². The van der Waals surface area contributed by atoms with Gasteiger partial charge in [-0.15, -0.1) is 0 Å². The number of halogens is 2. The van der Waals surface area contributed by atoms with Crippen LogP contribution < -0.4 is 10.6 Å². The van der Waals surface area contributed by atoms with Crippen LogP contribution >= 0.6 is 0 Å². The lowest BCUT2D eigenvalue weighted by molar-refractivity contribution is -0.119. The number of hydrogen-bond donors (Lipinski definition) is 1. The van der Waals surface area contributed by atoms with Crippen molar-refractivity contribution in [1.29, 1.82) is 0 Å². The fourth-order valence-corrected chi connectivity index (χ4v) is 4.11. The van der Waals surface area contributed by atoms with Crippen LogP contribution in [0.5, 0.6) is 0 Å². The number of primary amides is 1. The molecule has 0 spiro atoms. The molecule has 0 saturated carbocycles. The Kier molecular flexibility index (Phi) is 5.78. The maximum atomic E-state index is 13.7. The number of benzene rings is 2. The highest BCUT2D eigenvalue weighted by Crippen LogP contribution is 2.33. The molecule has 3 rings (SSSR count). The molecule has 0 aliphatic carbocycles. The van der Waals surface area contributed by atoms with E-state index in [2.05, 4.69) is 44.7 Å². The number of carbonyl (C=O) groups is 1. The number of anilines is 1. The van der Waals surface area contributed by atoms with E-state index in [-0.39, 0.29) is 11.3 Å². The first kappa shape index (κ1) is 21.0. The van der Waals surface area contributed by atoms with Crippen LogP contribution in [-0.4, -0.2) is 12.5 Å². The average molecular weight is 398 g/mol. The van der Waals surface area contributed by atoms with Gasteiger partial charge in [0.2, 0.25) is 5.91 Å². The van der Waals surface area contributed by atoms with Crippen LogP contribution in [0, 0.1) is 30.9 Å². The Hall–Kier alpha value is -2.69. The predicted octanol–water partition coefficient (Wildman–Crippen LogP) is 5.06. The van der Waals surface area contributed by atoms with Crippen LogP contribution in [0.2, 0.25) is 0 Å². The maximum absolute atomic E-state index is 13.7. The van der Waals surface area contributed by atoms with Crippen molar-refractivity contribution in [1.82, 2.24) is 0 Å². The van der Waals surface area contributed by atoms with Crippen LogP contribution in [0.1, 0.15) is 48.1 Å². The van der Waals surface area contributed by atoms with Crippen molar-refractivity contribution in [2.45, 2.75) is 47.1 Å². The van der Waals surface area contributed by atoms with Crippen LogP contribution in [0.25, 0.3) is 6.08 Å². The number of nitrogens with zero attached hydrogens (tertiary/aromatic N) is 1. The smallest absolute Gasteiger partial charge is 0.217 e. The fraction of sp³-hybridized carbons (Fsp3) is 0.375. The summed E-state index contributed by atoms with van der Waals surface area (Å²) >= 11 is 0. The lowest BCUT2D eigenvalue weighted by atomic mass is 9.80. The molecule has 2 aromatic carbocycles. The van der Waals surface area contributed by atoms with Gasteiger partial charge in [-0.05, 0) is 77.8 Å². The molecule has 1 amide bonds. The molecule has 0 bridgehead atoms. The van der Waals surface area contributed by atoms with Gasteiger partial charge in [-0.2, -0.15) is 0 Å². The fourth-order valence-electron chi connectivity index (χ4n) is 4.11. The van der Waals surface area contributed by atoms with Gasteiger partial charge in [0.25, 0.3) is 0 Å². The summed E-state index contributed by atoms with van der Waals surface area (Å²) in [6.45, 7) is 9.41. The molecule has 0 radical (unpaired) electrons. The Morgan fingerprint density at radius 3 is 2.34 bits per heavy atom. The highest BCUT2D eigenvalue weighted by atomic mass is 19.2. The summed E-state index contributed by atoms with van der Waals surface area (Å²) < 4.78 is 27.3. The summed E-state index contributed by atoms with van der Waals surface area (Å²) in [5.41, 5.74) is 11.2. The zero-order chi connectivity index (χ0) is 21.3. The second-order valence-electron chi connectivity index (χ2n) is 8.79. The van der Waals surface area contributed by atoms with Crippen molar-refractivity contribution < 1.29 is 13.6 Å². The molecule has 2 N–H and O–H groups in total. The van der Waals surface area contributed by atoms with Gasteiger partial charge in [-0.25, -0.2) is 8.78 Å². The van der Waals surface area contributed by atoms with Gasteiger partial charge in [0.1, 0.15) is 0 Å². The molecule has 0 atom stereocenters. The second kappa shape index (κ2) is 7.97.